The fourth-order valence-electron chi connectivity index (χ4n) is 4.13. The van der Waals surface area contributed by atoms with E-state index >= 15 is 0 Å². The third-order valence-electron chi connectivity index (χ3n) is 5.58. The van der Waals surface area contributed by atoms with Gasteiger partial charge >= 0.3 is 17.9 Å². The van der Waals surface area contributed by atoms with Crippen molar-refractivity contribution in [2.24, 2.45) is 5.73 Å². The van der Waals surface area contributed by atoms with E-state index in [1.54, 1.807) is 13.8 Å². The highest BCUT2D eigenvalue weighted by Gasteiger charge is 2.64. The lowest BCUT2D eigenvalue weighted by Crippen LogP contribution is -2.71. The maximum absolute atomic E-state index is 13.2. The van der Waals surface area contributed by atoms with Crippen molar-refractivity contribution in [3.63, 3.8) is 0 Å². The summed E-state index contributed by atoms with van der Waals surface area (Å²) in [7, 11) is 0. The van der Waals surface area contributed by atoms with Gasteiger partial charge in [-0.1, -0.05) is 12.1 Å². The smallest absolute Gasteiger partial charge is 0.337 e. The molecule has 1 aromatic rings. The molecular weight excluding hydrogens is 508 g/mol. The fraction of sp³-hybridized carbons (Fsp3) is 0.435. The Hall–Kier alpha value is -3.94. The first-order valence-electron chi connectivity index (χ1n) is 11.1. The Labute approximate surface area is 215 Å². The minimum atomic E-state index is -1.32. The summed E-state index contributed by atoms with van der Waals surface area (Å²) in [6.45, 7) is 5.73. The van der Waals surface area contributed by atoms with Crippen LogP contribution in [0, 0.1) is 0 Å². The van der Waals surface area contributed by atoms with Crippen LogP contribution in [0.5, 0.6) is 5.75 Å². The standard InChI is InChI=1S/C23H26N4O9S/c1-10(28)35-13-7-5-12(6-8-13)16(25-15(31)9-14(24)30)19(32)26-17-20(33)27-18(22(34)36-11(2)29)23(3,4)37-21(17)27/h5-8,16-18,21H,9H2,1-4H3,(H2,24,30)(H,25,31)(H,26,32)/t16-,17+,18-,21?/m1/s1. The summed E-state index contributed by atoms with van der Waals surface area (Å²) in [5.41, 5.74) is 5.35. The zero-order chi connectivity index (χ0) is 27.7. The first kappa shape index (κ1) is 27.6. The van der Waals surface area contributed by atoms with Crippen LogP contribution in [0.2, 0.25) is 0 Å². The molecule has 0 saturated carbocycles. The number of rotatable bonds is 8. The Balaban J connectivity index is 1.80. The molecule has 2 aliphatic rings. The van der Waals surface area contributed by atoms with Crippen molar-refractivity contribution in [1.82, 2.24) is 15.5 Å². The molecule has 0 spiro atoms. The largest absolute Gasteiger partial charge is 0.427 e. The van der Waals surface area contributed by atoms with Crippen LogP contribution in [0.25, 0.3) is 0 Å². The SMILES string of the molecule is CC(=O)OC(=O)[C@H]1N2C(=O)[C@H](NC(=O)[C@H](NC(=O)CC(N)=O)c3ccc(OC(C)=O)cc3)C2SC1(C)C. The first-order chi connectivity index (χ1) is 17.2. The molecule has 0 radical (unpaired) electrons. The molecule has 1 aromatic carbocycles. The summed E-state index contributed by atoms with van der Waals surface area (Å²) >= 11 is 1.25. The van der Waals surface area contributed by atoms with Gasteiger partial charge in [0.15, 0.2) is 0 Å². The van der Waals surface area contributed by atoms with Crippen LogP contribution in [0.4, 0.5) is 0 Å². The second kappa shape index (κ2) is 10.6. The van der Waals surface area contributed by atoms with Crippen LogP contribution in [0.15, 0.2) is 24.3 Å². The first-order valence-corrected chi connectivity index (χ1v) is 12.0. The van der Waals surface area contributed by atoms with Gasteiger partial charge in [-0.25, -0.2) is 4.79 Å². The van der Waals surface area contributed by atoms with Gasteiger partial charge in [0.2, 0.25) is 23.6 Å². The molecule has 13 nitrogen and oxygen atoms in total. The highest BCUT2D eigenvalue weighted by molar-refractivity contribution is 8.01. The average Bonchev–Trinajstić information content (AvgIpc) is 3.02. The number of hydrogen-bond acceptors (Lipinski definition) is 10. The molecule has 2 aliphatic heterocycles. The third kappa shape index (κ3) is 6.07. The average molecular weight is 535 g/mol. The van der Waals surface area contributed by atoms with Crippen molar-refractivity contribution in [2.75, 3.05) is 0 Å². The number of ether oxygens (including phenoxy) is 2. The van der Waals surface area contributed by atoms with Gasteiger partial charge in [-0.3, -0.25) is 28.8 Å². The molecule has 0 aromatic heterocycles. The zero-order valence-electron chi connectivity index (χ0n) is 20.4. The van der Waals surface area contributed by atoms with E-state index in [1.807, 2.05) is 0 Å². The van der Waals surface area contributed by atoms with Crippen molar-refractivity contribution in [2.45, 2.75) is 62.4 Å². The highest BCUT2D eigenvalue weighted by atomic mass is 32.2. The van der Waals surface area contributed by atoms with Crippen molar-refractivity contribution >= 4 is 53.3 Å². The summed E-state index contributed by atoms with van der Waals surface area (Å²) in [6.07, 6.45) is -0.669. The van der Waals surface area contributed by atoms with E-state index in [9.17, 15) is 33.6 Å². The van der Waals surface area contributed by atoms with E-state index in [1.165, 1.54) is 47.9 Å². The molecule has 4 N–H and O–H groups in total. The van der Waals surface area contributed by atoms with Crippen LogP contribution in [-0.4, -0.2) is 68.6 Å². The number of fused-ring (bicyclic) bond motifs is 1. The lowest BCUT2D eigenvalue weighted by Gasteiger charge is -2.44. The fourth-order valence-corrected chi connectivity index (χ4v) is 5.75. The van der Waals surface area contributed by atoms with E-state index in [2.05, 4.69) is 10.6 Å². The molecule has 1 unspecified atom stereocenters. The summed E-state index contributed by atoms with van der Waals surface area (Å²) in [5, 5.41) is 4.39. The summed E-state index contributed by atoms with van der Waals surface area (Å²) in [5.74, 6) is -5.06. The van der Waals surface area contributed by atoms with Crippen LogP contribution >= 0.6 is 11.8 Å². The van der Waals surface area contributed by atoms with Gasteiger partial charge in [0, 0.05) is 18.6 Å². The normalized spacial score (nSPS) is 22.1. The number of thioether (sulfide) groups is 1. The lowest BCUT2D eigenvalue weighted by molar-refractivity contribution is -0.170. The van der Waals surface area contributed by atoms with Gasteiger partial charge in [0.1, 0.15) is 35.7 Å². The Bertz CT molecular complexity index is 1170. The maximum Gasteiger partial charge on any atom is 0.337 e. The molecule has 3 rings (SSSR count). The predicted octanol–water partition coefficient (Wildman–Crippen LogP) is -0.719. The number of amides is 4. The number of carbonyl (C=O) groups excluding carboxylic acids is 7. The second-order valence-electron chi connectivity index (χ2n) is 8.97. The molecule has 2 saturated heterocycles. The van der Waals surface area contributed by atoms with E-state index in [-0.39, 0.29) is 11.3 Å². The van der Waals surface area contributed by atoms with Crippen molar-refractivity contribution in [1.29, 1.82) is 0 Å². The minimum absolute atomic E-state index is 0.205. The van der Waals surface area contributed by atoms with Gasteiger partial charge < -0.3 is 30.7 Å². The number of nitrogens with two attached hydrogens (primary N) is 1. The van der Waals surface area contributed by atoms with Gasteiger partial charge in [0.25, 0.3) is 0 Å². The van der Waals surface area contributed by atoms with Crippen molar-refractivity contribution in [3.8, 4) is 5.75 Å². The number of primary amides is 1. The summed E-state index contributed by atoms with van der Waals surface area (Å²) in [4.78, 5) is 85.8. The molecular formula is C23H26N4O9S. The molecule has 4 atom stereocenters. The number of benzene rings is 1. The number of nitrogens with zero attached hydrogens (tertiary/aromatic N) is 1. The van der Waals surface area contributed by atoms with E-state index in [4.69, 9.17) is 15.2 Å². The van der Waals surface area contributed by atoms with Crippen LogP contribution in [-0.2, 0) is 38.3 Å². The number of hydrogen-bond donors (Lipinski definition) is 3. The Morgan fingerprint density at radius 3 is 2.24 bits per heavy atom. The number of β-lactam (4-membered cyclic amide) rings is 1. The maximum atomic E-state index is 13.2. The molecule has 2 fully saturated rings. The van der Waals surface area contributed by atoms with Crippen LogP contribution < -0.4 is 21.1 Å². The molecule has 37 heavy (non-hydrogen) atoms. The molecule has 14 heteroatoms. The Kier molecular flexibility index (Phi) is 7.91. The minimum Gasteiger partial charge on any atom is -0.427 e. The summed E-state index contributed by atoms with van der Waals surface area (Å²) < 4.78 is 8.86. The Morgan fingerprint density at radius 1 is 1.08 bits per heavy atom. The van der Waals surface area contributed by atoms with Crippen LogP contribution in [0.3, 0.4) is 0 Å². The number of nitrogens with one attached hydrogen (secondary N) is 2. The lowest BCUT2D eigenvalue weighted by atomic mass is 9.95. The number of esters is 3. The van der Waals surface area contributed by atoms with E-state index in [0.29, 0.717) is 0 Å². The summed E-state index contributed by atoms with van der Waals surface area (Å²) in [6, 6.07) is 2.31. The molecule has 0 aliphatic carbocycles. The molecule has 198 valence electrons. The van der Waals surface area contributed by atoms with E-state index < -0.39 is 76.2 Å². The quantitative estimate of drug-likeness (QED) is 0.166. The zero-order valence-corrected chi connectivity index (χ0v) is 21.2. The Morgan fingerprint density at radius 2 is 1.70 bits per heavy atom. The second-order valence-corrected chi connectivity index (χ2v) is 10.7. The van der Waals surface area contributed by atoms with Gasteiger partial charge in [-0.05, 0) is 31.5 Å². The topological polar surface area (TPSA) is 191 Å². The van der Waals surface area contributed by atoms with Crippen molar-refractivity contribution in [3.05, 3.63) is 29.8 Å². The monoisotopic (exact) mass is 534 g/mol. The molecule has 4 amide bonds. The molecule has 0 bridgehead atoms. The predicted molar refractivity (Wildman–Crippen MR) is 127 cm³/mol. The highest BCUT2D eigenvalue weighted by Crippen LogP contribution is 2.51. The van der Waals surface area contributed by atoms with Gasteiger partial charge in [0.05, 0.1) is 0 Å². The van der Waals surface area contributed by atoms with Crippen LogP contribution in [0.1, 0.15) is 45.7 Å². The third-order valence-corrected chi connectivity index (χ3v) is 7.16. The van der Waals surface area contributed by atoms with E-state index in [0.717, 1.165) is 6.92 Å². The van der Waals surface area contributed by atoms with Gasteiger partial charge in [-0.15, -0.1) is 11.8 Å². The molecule has 2 heterocycles. The van der Waals surface area contributed by atoms with Gasteiger partial charge in [-0.2, -0.15) is 0 Å². The number of carbonyl (C=O) groups is 7. The van der Waals surface area contributed by atoms with Crippen molar-refractivity contribution < 1.29 is 43.0 Å².